The van der Waals surface area contributed by atoms with E-state index < -0.39 is 17.6 Å². The van der Waals surface area contributed by atoms with Gasteiger partial charge in [0, 0.05) is 7.11 Å². The zero-order chi connectivity index (χ0) is 16.5. The van der Waals surface area contributed by atoms with Crippen LogP contribution in [0.2, 0.25) is 0 Å². The SMILES string of the molecule is COc1cccc(CC(=O)N2[C@@H](OC)C(C)(C)OC2(C)C)c1. The van der Waals surface area contributed by atoms with Crippen LogP contribution in [0.15, 0.2) is 24.3 Å². The van der Waals surface area contributed by atoms with Gasteiger partial charge in [-0.15, -0.1) is 0 Å². The third kappa shape index (κ3) is 3.10. The monoisotopic (exact) mass is 307 g/mol. The molecule has 0 aromatic heterocycles. The molecule has 1 amide bonds. The van der Waals surface area contributed by atoms with Crippen LogP contribution in [-0.2, 0) is 20.7 Å². The van der Waals surface area contributed by atoms with Crippen LogP contribution in [0.5, 0.6) is 5.75 Å². The van der Waals surface area contributed by atoms with E-state index in [-0.39, 0.29) is 12.3 Å². The molecule has 1 fully saturated rings. The van der Waals surface area contributed by atoms with Gasteiger partial charge < -0.3 is 14.2 Å². The van der Waals surface area contributed by atoms with E-state index in [9.17, 15) is 4.79 Å². The summed E-state index contributed by atoms with van der Waals surface area (Å²) in [6.45, 7) is 7.64. The number of carbonyl (C=O) groups excluding carboxylic acids is 1. The molecule has 22 heavy (non-hydrogen) atoms. The first-order valence-electron chi connectivity index (χ1n) is 7.39. The van der Waals surface area contributed by atoms with Crippen molar-refractivity contribution < 1.29 is 19.0 Å². The summed E-state index contributed by atoms with van der Waals surface area (Å²) in [6, 6.07) is 7.52. The van der Waals surface area contributed by atoms with Gasteiger partial charge in [0.05, 0.1) is 13.5 Å². The third-order valence-electron chi connectivity index (χ3n) is 3.90. The third-order valence-corrected chi connectivity index (χ3v) is 3.90. The zero-order valence-electron chi connectivity index (χ0n) is 14.2. The highest BCUT2D eigenvalue weighted by Gasteiger charge is 2.54. The van der Waals surface area contributed by atoms with Crippen LogP contribution in [0.1, 0.15) is 33.3 Å². The molecule has 2 rings (SSSR count). The first-order valence-corrected chi connectivity index (χ1v) is 7.39. The van der Waals surface area contributed by atoms with Crippen molar-refractivity contribution in [2.24, 2.45) is 0 Å². The largest absolute Gasteiger partial charge is 0.497 e. The number of methoxy groups -OCH3 is 2. The van der Waals surface area contributed by atoms with Crippen LogP contribution in [0, 0.1) is 0 Å². The average Bonchev–Trinajstić information content (AvgIpc) is 2.62. The first-order chi connectivity index (χ1) is 10.2. The van der Waals surface area contributed by atoms with Gasteiger partial charge in [-0.3, -0.25) is 9.69 Å². The molecular formula is C17H25NO4. The molecule has 5 heteroatoms. The Morgan fingerprint density at radius 2 is 1.95 bits per heavy atom. The number of ether oxygens (including phenoxy) is 3. The van der Waals surface area contributed by atoms with Crippen LogP contribution in [0.25, 0.3) is 0 Å². The molecule has 0 aliphatic carbocycles. The molecular weight excluding hydrogens is 282 g/mol. The zero-order valence-corrected chi connectivity index (χ0v) is 14.2. The van der Waals surface area contributed by atoms with Gasteiger partial charge >= 0.3 is 0 Å². The summed E-state index contributed by atoms with van der Waals surface area (Å²) >= 11 is 0. The van der Waals surface area contributed by atoms with Crippen molar-refractivity contribution in [3.05, 3.63) is 29.8 Å². The lowest BCUT2D eigenvalue weighted by Gasteiger charge is -2.33. The second-order valence-electron chi connectivity index (χ2n) is 6.53. The van der Waals surface area contributed by atoms with Crippen molar-refractivity contribution in [3.8, 4) is 5.75 Å². The maximum absolute atomic E-state index is 12.8. The van der Waals surface area contributed by atoms with Gasteiger partial charge in [-0.2, -0.15) is 0 Å². The number of carbonyl (C=O) groups is 1. The number of rotatable bonds is 4. The molecule has 1 aliphatic heterocycles. The van der Waals surface area contributed by atoms with Crippen molar-refractivity contribution in [1.82, 2.24) is 4.90 Å². The van der Waals surface area contributed by atoms with E-state index in [0.29, 0.717) is 0 Å². The van der Waals surface area contributed by atoms with E-state index in [1.165, 1.54) is 0 Å². The van der Waals surface area contributed by atoms with Crippen molar-refractivity contribution in [2.75, 3.05) is 14.2 Å². The number of amides is 1. The smallest absolute Gasteiger partial charge is 0.231 e. The highest BCUT2D eigenvalue weighted by molar-refractivity contribution is 5.80. The molecule has 1 heterocycles. The minimum absolute atomic E-state index is 0.0318. The predicted molar refractivity (Wildman–Crippen MR) is 83.6 cm³/mol. The normalized spacial score (nSPS) is 22.6. The van der Waals surface area contributed by atoms with E-state index in [0.717, 1.165) is 11.3 Å². The summed E-state index contributed by atoms with van der Waals surface area (Å²) in [5, 5.41) is 0. The van der Waals surface area contributed by atoms with E-state index in [2.05, 4.69) is 0 Å². The number of benzene rings is 1. The number of hydrogen-bond acceptors (Lipinski definition) is 4. The molecule has 0 N–H and O–H groups in total. The Kier molecular flexibility index (Phi) is 4.49. The molecule has 1 saturated heterocycles. The van der Waals surface area contributed by atoms with Gasteiger partial charge in [0.1, 0.15) is 17.1 Å². The van der Waals surface area contributed by atoms with Crippen LogP contribution < -0.4 is 4.74 Å². The lowest BCUT2D eigenvalue weighted by atomic mass is 10.1. The lowest BCUT2D eigenvalue weighted by molar-refractivity contribution is -0.153. The fourth-order valence-electron chi connectivity index (χ4n) is 3.20. The van der Waals surface area contributed by atoms with Crippen molar-refractivity contribution in [2.45, 2.75) is 51.7 Å². The Hall–Kier alpha value is -1.59. The van der Waals surface area contributed by atoms with Crippen molar-refractivity contribution in [3.63, 3.8) is 0 Å². The lowest BCUT2D eigenvalue weighted by Crippen LogP contribution is -2.50. The van der Waals surface area contributed by atoms with Gasteiger partial charge in [0.15, 0.2) is 6.23 Å². The maximum Gasteiger partial charge on any atom is 0.231 e. The highest BCUT2D eigenvalue weighted by Crippen LogP contribution is 2.39. The Labute approximate surface area is 132 Å². The van der Waals surface area contributed by atoms with E-state index >= 15 is 0 Å². The van der Waals surface area contributed by atoms with Crippen LogP contribution in [0.4, 0.5) is 0 Å². The fourth-order valence-corrected chi connectivity index (χ4v) is 3.20. The summed E-state index contributed by atoms with van der Waals surface area (Å²) in [4.78, 5) is 14.5. The Bertz CT molecular complexity index is 553. The minimum atomic E-state index is -0.708. The molecule has 1 aromatic rings. The summed E-state index contributed by atoms with van der Waals surface area (Å²) in [5.74, 6) is 0.710. The van der Waals surface area contributed by atoms with Crippen LogP contribution in [-0.4, -0.2) is 42.6 Å². The van der Waals surface area contributed by atoms with Crippen LogP contribution >= 0.6 is 0 Å². The molecule has 1 aromatic carbocycles. The quantitative estimate of drug-likeness (QED) is 0.858. The van der Waals surface area contributed by atoms with Gasteiger partial charge in [0.25, 0.3) is 0 Å². The molecule has 0 radical (unpaired) electrons. The minimum Gasteiger partial charge on any atom is -0.497 e. The Morgan fingerprint density at radius 1 is 1.27 bits per heavy atom. The topological polar surface area (TPSA) is 48.0 Å². The molecule has 0 unspecified atom stereocenters. The summed E-state index contributed by atoms with van der Waals surface area (Å²) < 4.78 is 16.7. The first kappa shape index (κ1) is 16.8. The number of hydrogen-bond donors (Lipinski definition) is 0. The fraction of sp³-hybridized carbons (Fsp3) is 0.588. The molecule has 0 spiro atoms. The van der Waals surface area contributed by atoms with E-state index in [1.807, 2.05) is 52.0 Å². The van der Waals surface area contributed by atoms with Crippen LogP contribution in [0.3, 0.4) is 0 Å². The van der Waals surface area contributed by atoms with Gasteiger partial charge in [0.2, 0.25) is 5.91 Å². The summed E-state index contributed by atoms with van der Waals surface area (Å²) in [6.07, 6.45) is -0.138. The maximum atomic E-state index is 12.8. The molecule has 5 nitrogen and oxygen atoms in total. The van der Waals surface area contributed by atoms with Crippen molar-refractivity contribution in [1.29, 1.82) is 0 Å². The standard InChI is InChI=1S/C17H25NO4/c1-16(2)15(21-6)18(17(3,4)22-16)14(19)11-12-8-7-9-13(10-12)20-5/h7-10,15H,11H2,1-6H3/t15-/m0/s1. The molecule has 1 atom stereocenters. The Morgan fingerprint density at radius 3 is 2.55 bits per heavy atom. The van der Waals surface area contributed by atoms with Crippen molar-refractivity contribution >= 4 is 5.91 Å². The second kappa shape index (κ2) is 5.89. The average molecular weight is 307 g/mol. The summed E-state index contributed by atoms with van der Waals surface area (Å²) in [7, 11) is 3.21. The predicted octanol–water partition coefficient (Wildman–Crippen LogP) is 2.58. The van der Waals surface area contributed by atoms with Gasteiger partial charge in [-0.05, 0) is 45.4 Å². The second-order valence-corrected chi connectivity index (χ2v) is 6.53. The van der Waals surface area contributed by atoms with Gasteiger partial charge in [-0.25, -0.2) is 0 Å². The highest BCUT2D eigenvalue weighted by atomic mass is 16.6. The van der Waals surface area contributed by atoms with E-state index in [4.69, 9.17) is 14.2 Å². The molecule has 122 valence electrons. The Balaban J connectivity index is 2.23. The number of nitrogens with zero attached hydrogens (tertiary/aromatic N) is 1. The summed E-state index contributed by atoms with van der Waals surface area (Å²) in [5.41, 5.74) is -0.359. The molecule has 0 bridgehead atoms. The van der Waals surface area contributed by atoms with Gasteiger partial charge in [-0.1, -0.05) is 12.1 Å². The van der Waals surface area contributed by atoms with E-state index in [1.54, 1.807) is 19.1 Å². The molecule has 0 saturated carbocycles. The molecule has 1 aliphatic rings.